The molecule has 1 aromatic carbocycles. The predicted octanol–water partition coefficient (Wildman–Crippen LogP) is 1.62. The van der Waals surface area contributed by atoms with Crippen LogP contribution in [0.3, 0.4) is 0 Å². The van der Waals surface area contributed by atoms with Crippen LogP contribution in [-0.2, 0) is 15.8 Å². The molecule has 7 nitrogen and oxygen atoms in total. The van der Waals surface area contributed by atoms with Crippen molar-refractivity contribution in [3.8, 4) is 0 Å². The molecule has 168 valence electrons. The van der Waals surface area contributed by atoms with Crippen LogP contribution in [0.4, 0.5) is 0 Å². The summed E-state index contributed by atoms with van der Waals surface area (Å²) in [7, 11) is -1.32. The van der Waals surface area contributed by atoms with Gasteiger partial charge in [0.05, 0.1) is 5.75 Å². The zero-order valence-corrected chi connectivity index (χ0v) is 19.2. The van der Waals surface area contributed by atoms with Crippen LogP contribution in [0, 0.1) is 5.92 Å². The van der Waals surface area contributed by atoms with Gasteiger partial charge in [0.2, 0.25) is 10.0 Å². The van der Waals surface area contributed by atoms with Gasteiger partial charge in [0.1, 0.15) is 0 Å². The number of carbonyl (C=O) groups excluding carboxylic acids is 1. The largest absolute Gasteiger partial charge is 0.352 e. The molecule has 2 fully saturated rings. The molecule has 0 bridgehead atoms. The molecule has 2 heterocycles. The van der Waals surface area contributed by atoms with Gasteiger partial charge in [-0.25, -0.2) is 8.42 Å². The average molecular weight is 437 g/mol. The van der Waals surface area contributed by atoms with E-state index in [2.05, 4.69) is 22.0 Å². The number of benzene rings is 1. The molecular weight excluding hydrogens is 400 g/mol. The Balaban J connectivity index is 1.41. The highest BCUT2D eigenvalue weighted by atomic mass is 32.2. The third-order valence-electron chi connectivity index (χ3n) is 6.23. The zero-order chi connectivity index (χ0) is 21.6. The van der Waals surface area contributed by atoms with Gasteiger partial charge >= 0.3 is 0 Å². The van der Waals surface area contributed by atoms with Crippen molar-refractivity contribution < 1.29 is 13.2 Å². The molecule has 1 N–H and O–H groups in total. The highest BCUT2D eigenvalue weighted by molar-refractivity contribution is 7.88. The van der Waals surface area contributed by atoms with Gasteiger partial charge in [-0.1, -0.05) is 19.1 Å². The molecule has 0 unspecified atom stereocenters. The molecule has 0 spiro atoms. The van der Waals surface area contributed by atoms with Gasteiger partial charge < -0.3 is 15.1 Å². The lowest BCUT2D eigenvalue weighted by Gasteiger charge is -2.31. The minimum Gasteiger partial charge on any atom is -0.352 e. The fourth-order valence-corrected chi connectivity index (χ4v) is 5.53. The molecule has 0 atom stereocenters. The van der Waals surface area contributed by atoms with Crippen molar-refractivity contribution in [2.24, 2.45) is 5.92 Å². The Bertz CT molecular complexity index is 781. The second kappa shape index (κ2) is 10.7. The van der Waals surface area contributed by atoms with E-state index in [4.69, 9.17) is 0 Å². The number of rotatable bonds is 8. The molecule has 0 aliphatic carbocycles. The third kappa shape index (κ3) is 6.77. The predicted molar refractivity (Wildman–Crippen MR) is 120 cm³/mol. The third-order valence-corrected chi connectivity index (χ3v) is 8.08. The Labute approximate surface area is 181 Å². The summed E-state index contributed by atoms with van der Waals surface area (Å²) < 4.78 is 26.8. The molecule has 0 aromatic heterocycles. The summed E-state index contributed by atoms with van der Waals surface area (Å²) in [6.45, 7) is 8.91. The molecule has 2 aliphatic heterocycles. The number of piperidine rings is 1. The van der Waals surface area contributed by atoms with Gasteiger partial charge in [-0.2, -0.15) is 4.31 Å². The van der Waals surface area contributed by atoms with Crippen molar-refractivity contribution in [1.29, 1.82) is 0 Å². The maximum atomic E-state index is 12.6. The first-order valence-electron chi connectivity index (χ1n) is 11.1. The molecule has 1 aromatic rings. The summed E-state index contributed by atoms with van der Waals surface area (Å²) in [5.74, 6) is 0.712. The molecule has 1 amide bonds. The lowest BCUT2D eigenvalue weighted by Crippen LogP contribution is -2.47. The van der Waals surface area contributed by atoms with Crippen molar-refractivity contribution in [1.82, 2.24) is 19.4 Å². The molecule has 2 saturated heterocycles. The number of carbonyl (C=O) groups is 1. The van der Waals surface area contributed by atoms with E-state index in [9.17, 15) is 13.2 Å². The number of piperazine rings is 1. The van der Waals surface area contributed by atoms with Crippen LogP contribution in [-0.4, -0.2) is 87.8 Å². The van der Waals surface area contributed by atoms with E-state index in [1.165, 1.54) is 12.8 Å². The fourth-order valence-electron chi connectivity index (χ4n) is 4.01. The maximum absolute atomic E-state index is 12.6. The van der Waals surface area contributed by atoms with Gasteiger partial charge in [-0.05, 0) is 69.6 Å². The van der Waals surface area contributed by atoms with Crippen LogP contribution < -0.4 is 5.32 Å². The number of likely N-dealkylation sites (tertiary alicyclic amines) is 1. The highest BCUT2D eigenvalue weighted by Gasteiger charge is 2.25. The first-order chi connectivity index (χ1) is 14.3. The van der Waals surface area contributed by atoms with Crippen molar-refractivity contribution in [2.75, 3.05) is 59.4 Å². The Morgan fingerprint density at radius 3 is 2.30 bits per heavy atom. The van der Waals surface area contributed by atoms with E-state index in [0.717, 1.165) is 45.1 Å². The Morgan fingerprint density at radius 1 is 1.03 bits per heavy atom. The number of amides is 1. The van der Waals surface area contributed by atoms with Gasteiger partial charge in [0.15, 0.2) is 0 Å². The van der Waals surface area contributed by atoms with Gasteiger partial charge in [0, 0.05) is 38.3 Å². The normalized spacial score (nSPS) is 20.3. The lowest BCUT2D eigenvalue weighted by molar-refractivity contribution is 0.0950. The highest BCUT2D eigenvalue weighted by Crippen LogP contribution is 2.16. The fraction of sp³-hybridized carbons (Fsp3) is 0.682. The summed E-state index contributed by atoms with van der Waals surface area (Å²) in [6.07, 6.45) is 3.48. The molecule has 8 heteroatoms. The van der Waals surface area contributed by atoms with Crippen molar-refractivity contribution >= 4 is 15.9 Å². The molecule has 0 saturated carbocycles. The topological polar surface area (TPSA) is 73.0 Å². The van der Waals surface area contributed by atoms with Crippen LogP contribution >= 0.6 is 0 Å². The number of nitrogens with zero attached hydrogens (tertiary/aromatic N) is 3. The van der Waals surface area contributed by atoms with Crippen LogP contribution in [0.1, 0.15) is 42.1 Å². The monoisotopic (exact) mass is 436 g/mol. The smallest absolute Gasteiger partial charge is 0.251 e. The van der Waals surface area contributed by atoms with Crippen LogP contribution in [0.15, 0.2) is 24.3 Å². The summed E-state index contributed by atoms with van der Waals surface area (Å²) in [5.41, 5.74) is 1.28. The van der Waals surface area contributed by atoms with Crippen LogP contribution in [0.2, 0.25) is 0 Å². The van der Waals surface area contributed by atoms with Crippen molar-refractivity contribution in [3.05, 3.63) is 35.4 Å². The number of likely N-dealkylation sites (N-methyl/N-ethyl adjacent to an activating group) is 1. The first-order valence-corrected chi connectivity index (χ1v) is 12.7. The summed E-state index contributed by atoms with van der Waals surface area (Å²) in [6, 6.07) is 6.93. The summed E-state index contributed by atoms with van der Waals surface area (Å²) in [4.78, 5) is 17.0. The minimum atomic E-state index is -3.32. The van der Waals surface area contributed by atoms with Gasteiger partial charge in [-0.15, -0.1) is 0 Å². The summed E-state index contributed by atoms with van der Waals surface area (Å²) >= 11 is 0. The van der Waals surface area contributed by atoms with Crippen molar-refractivity contribution in [2.45, 2.75) is 31.9 Å². The van der Waals surface area contributed by atoms with Crippen LogP contribution in [0.5, 0.6) is 0 Å². The van der Waals surface area contributed by atoms with E-state index in [1.807, 2.05) is 7.05 Å². The molecular formula is C22H36N4O3S. The quantitative estimate of drug-likeness (QED) is 0.627. The van der Waals surface area contributed by atoms with Crippen LogP contribution in [0.25, 0.3) is 0 Å². The minimum absolute atomic E-state index is 0.0208. The zero-order valence-electron chi connectivity index (χ0n) is 18.3. The van der Waals surface area contributed by atoms with Gasteiger partial charge in [0.25, 0.3) is 5.91 Å². The lowest BCUT2D eigenvalue weighted by atomic mass is 9.99. The van der Waals surface area contributed by atoms with E-state index in [0.29, 0.717) is 30.8 Å². The number of sulfonamides is 1. The summed E-state index contributed by atoms with van der Waals surface area (Å²) in [5, 5.41) is 2.97. The average Bonchev–Trinajstić information content (AvgIpc) is 2.73. The van der Waals surface area contributed by atoms with E-state index in [-0.39, 0.29) is 11.7 Å². The number of nitrogens with one attached hydrogen (secondary N) is 1. The first kappa shape index (κ1) is 23.2. The molecule has 2 aliphatic rings. The molecule has 0 radical (unpaired) electrons. The second-order valence-electron chi connectivity index (χ2n) is 8.79. The molecule has 3 rings (SSSR count). The number of hydrogen-bond donors (Lipinski definition) is 1. The van der Waals surface area contributed by atoms with Crippen molar-refractivity contribution in [3.63, 3.8) is 0 Å². The Kier molecular flexibility index (Phi) is 8.27. The van der Waals surface area contributed by atoms with E-state index in [1.54, 1.807) is 28.6 Å². The standard InChI is InChI=1S/C22H36N4O3S/c1-19-8-12-25(13-9-19)11-3-10-23-22(27)21-6-4-20(5-7-21)18-30(28,29)26-16-14-24(2)15-17-26/h4-7,19H,3,8-18H2,1-2H3,(H,23,27). The molecule has 30 heavy (non-hydrogen) atoms. The maximum Gasteiger partial charge on any atom is 0.251 e. The van der Waals surface area contributed by atoms with E-state index < -0.39 is 10.0 Å². The Morgan fingerprint density at radius 2 is 1.67 bits per heavy atom. The number of hydrogen-bond acceptors (Lipinski definition) is 5. The Hall–Kier alpha value is -1.48. The SMILES string of the molecule is CC1CCN(CCCNC(=O)c2ccc(CS(=O)(=O)N3CCN(C)CC3)cc2)CC1. The van der Waals surface area contributed by atoms with E-state index >= 15 is 0 Å². The second-order valence-corrected chi connectivity index (χ2v) is 10.8. The van der Waals surface area contributed by atoms with Gasteiger partial charge in [-0.3, -0.25) is 4.79 Å².